The van der Waals surface area contributed by atoms with Gasteiger partial charge in [0.15, 0.2) is 11.5 Å². The molecule has 2 amide bonds. The number of hydrogen-bond acceptors (Lipinski definition) is 7. The van der Waals surface area contributed by atoms with E-state index in [1.807, 2.05) is 0 Å². The molecule has 10 heteroatoms. The molecule has 0 saturated carbocycles. The lowest BCUT2D eigenvalue weighted by Gasteiger charge is -2.22. The number of aryl methyl sites for hydroxylation is 1. The zero-order chi connectivity index (χ0) is 21.6. The van der Waals surface area contributed by atoms with Gasteiger partial charge in [-0.3, -0.25) is 19.7 Å². The molecule has 2 N–H and O–H groups in total. The topological polar surface area (TPSA) is 137 Å². The van der Waals surface area contributed by atoms with Crippen molar-refractivity contribution in [2.45, 2.75) is 26.3 Å². The molecule has 2 aliphatic rings. The summed E-state index contributed by atoms with van der Waals surface area (Å²) in [7, 11) is 0. The monoisotopic (exact) mass is 410 g/mol. The van der Waals surface area contributed by atoms with Crippen molar-refractivity contribution in [2.24, 2.45) is 10.8 Å². The second kappa shape index (κ2) is 7.14. The van der Waals surface area contributed by atoms with Crippen LogP contribution in [-0.4, -0.2) is 40.3 Å². The molecule has 0 fully saturated rings. The van der Waals surface area contributed by atoms with E-state index in [4.69, 9.17) is 15.2 Å². The molecular weight excluding hydrogens is 392 g/mol. The zero-order valence-corrected chi connectivity index (χ0v) is 16.2. The maximum Gasteiger partial charge on any atom is 0.272 e. The Hall–Kier alpha value is -3.95. The van der Waals surface area contributed by atoms with Gasteiger partial charge in [0, 0.05) is 36.1 Å². The lowest BCUT2D eigenvalue weighted by Crippen LogP contribution is -2.45. The summed E-state index contributed by atoms with van der Waals surface area (Å²) < 4.78 is 10.9. The molecule has 4 rings (SSSR count). The van der Waals surface area contributed by atoms with E-state index in [2.05, 4.69) is 5.10 Å². The Bertz CT molecular complexity index is 1130. The summed E-state index contributed by atoms with van der Waals surface area (Å²) in [5.74, 6) is -0.124. The van der Waals surface area contributed by atoms with E-state index in [1.165, 1.54) is 13.0 Å². The van der Waals surface area contributed by atoms with Crippen molar-refractivity contribution in [2.75, 3.05) is 6.79 Å². The molecular formula is C20H18N4O6. The van der Waals surface area contributed by atoms with Crippen molar-refractivity contribution in [1.29, 1.82) is 0 Å². The van der Waals surface area contributed by atoms with Gasteiger partial charge >= 0.3 is 0 Å². The molecule has 0 saturated heterocycles. The van der Waals surface area contributed by atoms with Crippen molar-refractivity contribution in [1.82, 2.24) is 5.01 Å². The first-order valence-electron chi connectivity index (χ1n) is 9.12. The molecule has 2 aromatic rings. The number of rotatable bonds is 3. The number of amides is 2. The molecule has 10 nitrogen and oxygen atoms in total. The summed E-state index contributed by atoms with van der Waals surface area (Å²) in [6, 6.07) is 7.04. The number of nitrogens with two attached hydrogens (primary N) is 1. The number of hydrazone groups is 1. The Labute approximate surface area is 171 Å². The SMILES string of the molecule is CC(=O)N1N=C(c2ccc([N+](=O)[O-])c(C)c2)c2cc3c(cc2CC1C(N)=O)OCO3. The Morgan fingerprint density at radius 3 is 2.53 bits per heavy atom. The van der Waals surface area contributed by atoms with Gasteiger partial charge in [-0.2, -0.15) is 5.10 Å². The summed E-state index contributed by atoms with van der Waals surface area (Å²) >= 11 is 0. The van der Waals surface area contributed by atoms with Crippen LogP contribution < -0.4 is 15.2 Å². The first kappa shape index (κ1) is 19.4. The summed E-state index contributed by atoms with van der Waals surface area (Å²) in [5.41, 5.74) is 8.22. The summed E-state index contributed by atoms with van der Waals surface area (Å²) in [6.45, 7) is 2.98. The third-order valence-corrected chi connectivity index (χ3v) is 5.09. The number of nitro benzene ring substituents is 1. The van der Waals surface area contributed by atoms with Crippen molar-refractivity contribution in [3.63, 3.8) is 0 Å². The molecule has 1 unspecified atom stereocenters. The van der Waals surface area contributed by atoms with E-state index in [0.29, 0.717) is 39.5 Å². The number of nitrogens with zero attached hydrogens (tertiary/aromatic N) is 3. The molecule has 154 valence electrons. The van der Waals surface area contributed by atoms with E-state index >= 15 is 0 Å². The van der Waals surface area contributed by atoms with Gasteiger partial charge in [0.1, 0.15) is 6.04 Å². The maximum absolute atomic E-state index is 12.3. The van der Waals surface area contributed by atoms with E-state index in [9.17, 15) is 19.7 Å². The predicted octanol–water partition coefficient (Wildman–Crippen LogP) is 1.64. The smallest absolute Gasteiger partial charge is 0.272 e. The van der Waals surface area contributed by atoms with Gasteiger partial charge in [0.25, 0.3) is 5.69 Å². The standard InChI is InChI=1S/C20H18N4O6/c1-10-5-12(3-4-15(10)24(27)28)19-14-8-18-17(29-9-30-18)7-13(14)6-16(20(21)26)23(22-19)11(2)25/h3-5,7-8,16H,6,9H2,1-2H3,(H2,21,26). The van der Waals surface area contributed by atoms with Crippen molar-refractivity contribution >= 4 is 23.2 Å². The highest BCUT2D eigenvalue weighted by molar-refractivity contribution is 6.15. The van der Waals surface area contributed by atoms with Crippen LogP contribution in [0.2, 0.25) is 0 Å². The molecule has 30 heavy (non-hydrogen) atoms. The van der Waals surface area contributed by atoms with E-state index in [-0.39, 0.29) is 18.9 Å². The molecule has 2 heterocycles. The molecule has 0 aliphatic carbocycles. The van der Waals surface area contributed by atoms with Gasteiger partial charge in [-0.15, -0.1) is 0 Å². The minimum Gasteiger partial charge on any atom is -0.454 e. The predicted molar refractivity (Wildman–Crippen MR) is 105 cm³/mol. The van der Waals surface area contributed by atoms with Crippen LogP contribution in [0.15, 0.2) is 35.4 Å². The lowest BCUT2D eigenvalue weighted by atomic mass is 9.93. The molecule has 0 radical (unpaired) electrons. The number of carbonyl (C=O) groups excluding carboxylic acids is 2. The number of nitro groups is 1. The molecule has 2 aliphatic heterocycles. The fraction of sp³-hybridized carbons (Fsp3) is 0.250. The largest absolute Gasteiger partial charge is 0.454 e. The summed E-state index contributed by atoms with van der Waals surface area (Å²) in [4.78, 5) is 35.1. The Morgan fingerprint density at radius 2 is 1.93 bits per heavy atom. The fourth-order valence-corrected chi connectivity index (χ4v) is 3.63. The van der Waals surface area contributed by atoms with Crippen LogP contribution in [0.25, 0.3) is 0 Å². The minimum atomic E-state index is -0.988. The van der Waals surface area contributed by atoms with Crippen LogP contribution >= 0.6 is 0 Å². The zero-order valence-electron chi connectivity index (χ0n) is 16.2. The molecule has 2 aromatic carbocycles. The van der Waals surface area contributed by atoms with Gasteiger partial charge in [0.05, 0.1) is 10.6 Å². The second-order valence-corrected chi connectivity index (χ2v) is 7.06. The third-order valence-electron chi connectivity index (χ3n) is 5.09. The second-order valence-electron chi connectivity index (χ2n) is 7.06. The quantitative estimate of drug-likeness (QED) is 0.603. The van der Waals surface area contributed by atoms with Crippen LogP contribution in [0.5, 0.6) is 11.5 Å². The average molecular weight is 410 g/mol. The van der Waals surface area contributed by atoms with E-state index in [0.717, 1.165) is 5.01 Å². The molecule has 1 atom stereocenters. The normalized spacial score (nSPS) is 17.1. The molecule has 0 spiro atoms. The highest BCUT2D eigenvalue weighted by Crippen LogP contribution is 2.38. The number of fused-ring (bicyclic) bond motifs is 2. The maximum atomic E-state index is 12.3. The molecule has 0 bridgehead atoms. The Balaban J connectivity index is 1.95. The summed E-state index contributed by atoms with van der Waals surface area (Å²) in [6.07, 6.45) is 0.139. The van der Waals surface area contributed by atoms with Gasteiger partial charge < -0.3 is 15.2 Å². The fourth-order valence-electron chi connectivity index (χ4n) is 3.63. The lowest BCUT2D eigenvalue weighted by molar-refractivity contribution is -0.385. The van der Waals surface area contributed by atoms with Crippen LogP contribution in [-0.2, 0) is 16.0 Å². The third kappa shape index (κ3) is 3.21. The Kier molecular flexibility index (Phi) is 4.61. The minimum absolute atomic E-state index is 0.0303. The number of ether oxygens (including phenoxy) is 2. The van der Waals surface area contributed by atoms with Crippen LogP contribution in [0.1, 0.15) is 29.2 Å². The van der Waals surface area contributed by atoms with Crippen molar-refractivity contribution < 1.29 is 24.0 Å². The average Bonchev–Trinajstić information content (AvgIpc) is 3.05. The van der Waals surface area contributed by atoms with Crippen molar-refractivity contribution in [3.8, 4) is 11.5 Å². The van der Waals surface area contributed by atoms with Crippen LogP contribution in [0.4, 0.5) is 5.69 Å². The summed E-state index contributed by atoms with van der Waals surface area (Å²) in [5, 5.41) is 16.7. The van der Waals surface area contributed by atoms with E-state index < -0.39 is 22.8 Å². The first-order valence-corrected chi connectivity index (χ1v) is 9.12. The number of benzene rings is 2. The van der Waals surface area contributed by atoms with E-state index in [1.54, 1.807) is 31.2 Å². The van der Waals surface area contributed by atoms with Gasteiger partial charge in [-0.05, 0) is 36.8 Å². The highest BCUT2D eigenvalue weighted by Gasteiger charge is 2.33. The van der Waals surface area contributed by atoms with Gasteiger partial charge in [0.2, 0.25) is 18.6 Å². The number of carbonyl (C=O) groups is 2. The number of hydrogen-bond donors (Lipinski definition) is 1. The van der Waals surface area contributed by atoms with Gasteiger partial charge in [-0.25, -0.2) is 5.01 Å². The van der Waals surface area contributed by atoms with Gasteiger partial charge in [-0.1, -0.05) is 0 Å². The highest BCUT2D eigenvalue weighted by atomic mass is 16.7. The van der Waals surface area contributed by atoms with Crippen LogP contribution in [0.3, 0.4) is 0 Å². The molecule has 0 aromatic heterocycles. The number of primary amides is 1. The Morgan fingerprint density at radius 1 is 1.23 bits per heavy atom. The first-order chi connectivity index (χ1) is 14.3. The van der Waals surface area contributed by atoms with Crippen molar-refractivity contribution in [3.05, 3.63) is 62.7 Å². The van der Waals surface area contributed by atoms with Crippen LogP contribution in [0, 0.1) is 17.0 Å².